The van der Waals surface area contributed by atoms with Crippen molar-refractivity contribution in [2.45, 2.75) is 38.8 Å². The molecular formula is C19H25N7O3. The fourth-order valence-electron chi connectivity index (χ4n) is 3.05. The first kappa shape index (κ1) is 20.5. The van der Waals surface area contributed by atoms with E-state index in [1.54, 1.807) is 31.9 Å². The van der Waals surface area contributed by atoms with E-state index in [4.69, 9.17) is 0 Å². The van der Waals surface area contributed by atoms with E-state index in [1.807, 2.05) is 36.1 Å². The molecule has 10 nitrogen and oxygen atoms in total. The van der Waals surface area contributed by atoms with Crippen molar-refractivity contribution in [2.24, 2.45) is 0 Å². The summed E-state index contributed by atoms with van der Waals surface area (Å²) in [6.07, 6.45) is 3.52. The van der Waals surface area contributed by atoms with Crippen molar-refractivity contribution in [3.63, 3.8) is 0 Å². The van der Waals surface area contributed by atoms with Gasteiger partial charge in [-0.1, -0.05) is 19.1 Å². The number of hydrogen-bond donors (Lipinski definition) is 2. The summed E-state index contributed by atoms with van der Waals surface area (Å²) in [6.45, 7) is 5.43. The van der Waals surface area contributed by atoms with Crippen LogP contribution in [0.5, 0.6) is 0 Å². The zero-order chi connectivity index (χ0) is 21.2. The molecule has 0 saturated carbocycles. The van der Waals surface area contributed by atoms with E-state index in [9.17, 15) is 14.4 Å². The van der Waals surface area contributed by atoms with Crippen LogP contribution in [0.25, 0.3) is 5.69 Å². The van der Waals surface area contributed by atoms with Gasteiger partial charge in [-0.05, 0) is 45.0 Å². The maximum atomic E-state index is 12.4. The molecule has 1 saturated heterocycles. The number of benzene rings is 1. The van der Waals surface area contributed by atoms with Crippen molar-refractivity contribution in [3.8, 4) is 5.69 Å². The largest absolute Gasteiger partial charge is 0.344 e. The Labute approximate surface area is 168 Å². The van der Waals surface area contributed by atoms with Gasteiger partial charge in [0.1, 0.15) is 18.2 Å². The monoisotopic (exact) mass is 399 g/mol. The summed E-state index contributed by atoms with van der Waals surface area (Å²) in [4.78, 5) is 42.6. The molecule has 0 aliphatic carbocycles. The second-order valence-corrected chi connectivity index (χ2v) is 7.31. The Morgan fingerprint density at radius 1 is 1.31 bits per heavy atom. The highest BCUT2D eigenvalue weighted by Crippen LogP contribution is 2.21. The molecular weight excluding hydrogens is 374 g/mol. The molecule has 2 atom stereocenters. The molecule has 0 radical (unpaired) electrons. The number of rotatable bonds is 7. The lowest BCUT2D eigenvalue weighted by Gasteiger charge is -2.25. The molecule has 29 heavy (non-hydrogen) atoms. The maximum absolute atomic E-state index is 12.4. The number of amides is 4. The van der Waals surface area contributed by atoms with E-state index >= 15 is 0 Å². The number of imide groups is 1. The molecule has 154 valence electrons. The van der Waals surface area contributed by atoms with Gasteiger partial charge in [0.2, 0.25) is 0 Å². The molecule has 1 fully saturated rings. The van der Waals surface area contributed by atoms with Crippen molar-refractivity contribution in [2.75, 3.05) is 13.6 Å². The van der Waals surface area contributed by atoms with Gasteiger partial charge in [-0.2, -0.15) is 10.1 Å². The molecule has 1 aliphatic rings. The molecule has 4 amide bonds. The third-order valence-corrected chi connectivity index (χ3v) is 5.32. The Kier molecular flexibility index (Phi) is 5.64. The highest BCUT2D eigenvalue weighted by molar-refractivity contribution is 6.07. The highest BCUT2D eigenvalue weighted by Gasteiger charge is 2.47. The van der Waals surface area contributed by atoms with Crippen molar-refractivity contribution < 1.29 is 14.4 Å². The Morgan fingerprint density at radius 3 is 2.55 bits per heavy atom. The fraction of sp³-hybridized carbons (Fsp3) is 0.421. The number of hydrazine groups is 1. The van der Waals surface area contributed by atoms with Crippen LogP contribution >= 0.6 is 0 Å². The van der Waals surface area contributed by atoms with Crippen LogP contribution in [-0.2, 0) is 9.59 Å². The predicted molar refractivity (Wildman–Crippen MR) is 105 cm³/mol. The minimum Gasteiger partial charge on any atom is -0.322 e. The number of carbonyl (C=O) groups excluding carboxylic acids is 3. The number of hydrogen-bond acceptors (Lipinski definition) is 6. The van der Waals surface area contributed by atoms with Crippen LogP contribution in [0.1, 0.15) is 38.8 Å². The van der Waals surface area contributed by atoms with Gasteiger partial charge >= 0.3 is 6.03 Å². The maximum Gasteiger partial charge on any atom is 0.344 e. The van der Waals surface area contributed by atoms with E-state index in [2.05, 4.69) is 20.8 Å². The van der Waals surface area contributed by atoms with Crippen LogP contribution in [-0.4, -0.2) is 61.7 Å². The summed E-state index contributed by atoms with van der Waals surface area (Å²) in [5.74, 6) is -0.903. The van der Waals surface area contributed by atoms with Gasteiger partial charge < -0.3 is 5.32 Å². The van der Waals surface area contributed by atoms with Gasteiger partial charge in [0.15, 0.2) is 0 Å². The number of urea groups is 1. The number of aromatic nitrogens is 3. The number of carbonyl (C=O) groups is 3. The molecule has 2 N–H and O–H groups in total. The SMILES string of the molecule is CC[C@@]1(C)NC(=O)N(NC(=O)CN(C)[C@@H](C)c2ccc(-n3cncn3)cc2)C1=O. The second-order valence-electron chi connectivity index (χ2n) is 7.31. The topological polar surface area (TPSA) is 112 Å². The molecule has 1 aromatic heterocycles. The van der Waals surface area contributed by atoms with E-state index < -0.39 is 23.4 Å². The Bertz CT molecular complexity index is 897. The van der Waals surface area contributed by atoms with E-state index in [0.29, 0.717) is 6.42 Å². The zero-order valence-corrected chi connectivity index (χ0v) is 16.9. The Balaban J connectivity index is 1.59. The minimum absolute atomic E-state index is 0.0197. The van der Waals surface area contributed by atoms with Gasteiger partial charge in [-0.3, -0.25) is 19.9 Å². The van der Waals surface area contributed by atoms with E-state index in [0.717, 1.165) is 16.3 Å². The summed E-state index contributed by atoms with van der Waals surface area (Å²) in [7, 11) is 1.80. The van der Waals surface area contributed by atoms with Gasteiger partial charge in [-0.25, -0.2) is 14.5 Å². The first-order valence-corrected chi connectivity index (χ1v) is 9.36. The van der Waals surface area contributed by atoms with Crippen LogP contribution < -0.4 is 10.7 Å². The Morgan fingerprint density at radius 2 is 2.00 bits per heavy atom. The van der Waals surface area contributed by atoms with Gasteiger partial charge in [-0.15, -0.1) is 0 Å². The minimum atomic E-state index is -0.991. The average Bonchev–Trinajstić information content (AvgIpc) is 3.31. The Hall–Kier alpha value is -3.27. The lowest BCUT2D eigenvalue weighted by atomic mass is 10.00. The second kappa shape index (κ2) is 8.00. The smallest absolute Gasteiger partial charge is 0.322 e. The van der Waals surface area contributed by atoms with Crippen molar-refractivity contribution >= 4 is 17.8 Å². The van der Waals surface area contributed by atoms with Crippen molar-refractivity contribution in [1.82, 2.24) is 35.4 Å². The summed E-state index contributed by atoms with van der Waals surface area (Å²) in [5, 5.41) is 7.45. The molecule has 2 heterocycles. The lowest BCUT2D eigenvalue weighted by Crippen LogP contribution is -2.51. The van der Waals surface area contributed by atoms with Crippen LogP contribution in [0.3, 0.4) is 0 Å². The summed E-state index contributed by atoms with van der Waals surface area (Å²) in [5.41, 5.74) is 3.31. The number of nitrogens with zero attached hydrogens (tertiary/aromatic N) is 5. The average molecular weight is 399 g/mol. The first-order valence-electron chi connectivity index (χ1n) is 9.36. The summed E-state index contributed by atoms with van der Waals surface area (Å²) in [6, 6.07) is 7.09. The standard InChI is InChI=1S/C19H25N7O3/c1-5-19(3)17(28)26(18(29)22-19)23-16(27)10-24(4)13(2)14-6-8-15(9-7-14)25-12-20-11-21-25/h6-9,11-13H,5,10H2,1-4H3,(H,22,29)(H,23,27)/t13-,19+/m0/s1. The zero-order valence-electron chi connectivity index (χ0n) is 16.9. The predicted octanol–water partition coefficient (Wildman–Crippen LogP) is 1.01. The highest BCUT2D eigenvalue weighted by atomic mass is 16.2. The normalized spacial score (nSPS) is 20.1. The summed E-state index contributed by atoms with van der Waals surface area (Å²) < 4.78 is 1.66. The molecule has 3 rings (SSSR count). The molecule has 0 spiro atoms. The van der Waals surface area contributed by atoms with Crippen LogP contribution in [0.15, 0.2) is 36.9 Å². The van der Waals surface area contributed by atoms with Crippen molar-refractivity contribution in [3.05, 3.63) is 42.5 Å². The molecule has 10 heteroatoms. The van der Waals surface area contributed by atoms with E-state index in [1.165, 1.54) is 6.33 Å². The van der Waals surface area contributed by atoms with Crippen LogP contribution in [0.2, 0.25) is 0 Å². The van der Waals surface area contributed by atoms with Gasteiger partial charge in [0, 0.05) is 6.04 Å². The molecule has 0 unspecified atom stereocenters. The molecule has 0 bridgehead atoms. The molecule has 1 aliphatic heterocycles. The quantitative estimate of drug-likeness (QED) is 0.672. The molecule has 1 aromatic carbocycles. The summed E-state index contributed by atoms with van der Waals surface area (Å²) >= 11 is 0. The van der Waals surface area contributed by atoms with Gasteiger partial charge in [0.05, 0.1) is 12.2 Å². The van der Waals surface area contributed by atoms with Gasteiger partial charge in [0.25, 0.3) is 11.8 Å². The number of nitrogens with one attached hydrogen (secondary N) is 2. The third-order valence-electron chi connectivity index (χ3n) is 5.32. The van der Waals surface area contributed by atoms with Crippen LogP contribution in [0, 0.1) is 0 Å². The van der Waals surface area contributed by atoms with Crippen molar-refractivity contribution in [1.29, 1.82) is 0 Å². The fourth-order valence-corrected chi connectivity index (χ4v) is 3.05. The number of likely N-dealkylation sites (N-methyl/N-ethyl adjacent to an activating group) is 1. The van der Waals surface area contributed by atoms with Crippen LogP contribution in [0.4, 0.5) is 4.79 Å². The lowest BCUT2D eigenvalue weighted by molar-refractivity contribution is -0.139. The molecule has 2 aromatic rings. The first-order chi connectivity index (χ1) is 13.7. The van der Waals surface area contributed by atoms with E-state index in [-0.39, 0.29) is 12.6 Å². The third kappa shape index (κ3) is 4.11.